The Hall–Kier alpha value is -1.55. The minimum Gasteiger partial charge on any atom is -0.444 e. The van der Waals surface area contributed by atoms with Gasteiger partial charge in [0.2, 0.25) is 0 Å². The molecule has 19 heavy (non-hydrogen) atoms. The van der Waals surface area contributed by atoms with Crippen LogP contribution in [0.25, 0.3) is 0 Å². The molecule has 106 valence electrons. The molecule has 0 saturated carbocycles. The predicted octanol–water partition coefficient (Wildman–Crippen LogP) is 2.81. The third-order valence-corrected chi connectivity index (χ3v) is 2.93. The highest BCUT2D eigenvalue weighted by Gasteiger charge is 2.32. The number of aliphatic hydroxyl groups is 1. The molecule has 1 aromatic carbocycles. The summed E-state index contributed by atoms with van der Waals surface area (Å²) >= 11 is 0. The lowest BCUT2D eigenvalue weighted by Crippen LogP contribution is -2.48. The molecule has 0 aromatic heterocycles. The topological polar surface area (TPSA) is 58.6 Å². The van der Waals surface area contributed by atoms with Crippen molar-refractivity contribution in [1.82, 2.24) is 5.32 Å². The first-order chi connectivity index (χ1) is 8.63. The monoisotopic (exact) mass is 265 g/mol. The molecule has 0 spiro atoms. The fourth-order valence-electron chi connectivity index (χ4n) is 1.65. The molecule has 0 radical (unpaired) electrons. The standard InChI is InChI=1S/C15H23NO3/c1-11(16-13(17)19-14(2,3)4)15(5,18)12-9-7-6-8-10-12/h6-11,18H,1-5H3,(H,16,17). The maximum Gasteiger partial charge on any atom is 0.407 e. The van der Waals surface area contributed by atoms with Gasteiger partial charge < -0.3 is 15.2 Å². The van der Waals surface area contributed by atoms with E-state index >= 15 is 0 Å². The van der Waals surface area contributed by atoms with Crippen LogP contribution in [0.4, 0.5) is 4.79 Å². The van der Waals surface area contributed by atoms with Crippen LogP contribution in [0.15, 0.2) is 30.3 Å². The molecular weight excluding hydrogens is 242 g/mol. The first-order valence-electron chi connectivity index (χ1n) is 6.40. The Morgan fingerprint density at radius 1 is 1.21 bits per heavy atom. The Balaban J connectivity index is 2.72. The zero-order chi connectivity index (χ0) is 14.7. The van der Waals surface area contributed by atoms with Crippen molar-refractivity contribution < 1.29 is 14.6 Å². The number of hydrogen-bond acceptors (Lipinski definition) is 3. The number of amides is 1. The van der Waals surface area contributed by atoms with Crippen LogP contribution in [-0.2, 0) is 10.3 Å². The first-order valence-corrected chi connectivity index (χ1v) is 6.40. The summed E-state index contributed by atoms with van der Waals surface area (Å²) in [5.41, 5.74) is -0.959. The van der Waals surface area contributed by atoms with E-state index in [0.717, 1.165) is 5.56 Å². The van der Waals surface area contributed by atoms with Crippen molar-refractivity contribution >= 4 is 6.09 Å². The minimum atomic E-state index is -1.15. The number of rotatable bonds is 3. The predicted molar refractivity (Wildman–Crippen MR) is 74.8 cm³/mol. The van der Waals surface area contributed by atoms with E-state index in [9.17, 15) is 9.90 Å². The summed E-state index contributed by atoms with van der Waals surface area (Å²) in [7, 11) is 0. The Bertz CT molecular complexity index is 421. The van der Waals surface area contributed by atoms with Gasteiger partial charge in [-0.25, -0.2) is 4.79 Å². The fraction of sp³-hybridized carbons (Fsp3) is 0.533. The number of ether oxygens (including phenoxy) is 1. The van der Waals surface area contributed by atoms with Crippen molar-refractivity contribution in [2.24, 2.45) is 0 Å². The average Bonchev–Trinajstić information content (AvgIpc) is 2.27. The maximum atomic E-state index is 11.7. The van der Waals surface area contributed by atoms with E-state index in [2.05, 4.69) is 5.32 Å². The van der Waals surface area contributed by atoms with E-state index in [1.807, 2.05) is 30.3 Å². The molecule has 1 amide bonds. The molecule has 0 aliphatic rings. The molecule has 4 nitrogen and oxygen atoms in total. The third-order valence-electron chi connectivity index (χ3n) is 2.93. The van der Waals surface area contributed by atoms with Crippen LogP contribution in [0, 0.1) is 0 Å². The quantitative estimate of drug-likeness (QED) is 0.883. The highest BCUT2D eigenvalue weighted by molar-refractivity contribution is 5.68. The molecule has 0 fully saturated rings. The molecular formula is C15H23NO3. The molecule has 1 rings (SSSR count). The van der Waals surface area contributed by atoms with E-state index in [1.165, 1.54) is 0 Å². The zero-order valence-electron chi connectivity index (χ0n) is 12.2. The summed E-state index contributed by atoms with van der Waals surface area (Å²) in [6, 6.07) is 8.77. The van der Waals surface area contributed by atoms with Gasteiger partial charge in [-0.15, -0.1) is 0 Å². The van der Waals surface area contributed by atoms with Gasteiger partial charge in [-0.2, -0.15) is 0 Å². The van der Waals surface area contributed by atoms with Gasteiger partial charge in [-0.3, -0.25) is 0 Å². The normalized spacial score (nSPS) is 16.3. The summed E-state index contributed by atoms with van der Waals surface area (Å²) in [5, 5.41) is 13.2. The van der Waals surface area contributed by atoms with Crippen molar-refractivity contribution in [3.05, 3.63) is 35.9 Å². The van der Waals surface area contributed by atoms with Gasteiger partial charge in [0.15, 0.2) is 0 Å². The van der Waals surface area contributed by atoms with Gasteiger partial charge in [-0.05, 0) is 40.2 Å². The van der Waals surface area contributed by atoms with E-state index < -0.39 is 23.3 Å². The van der Waals surface area contributed by atoms with Crippen LogP contribution >= 0.6 is 0 Å². The van der Waals surface area contributed by atoms with Crippen LogP contribution in [0.3, 0.4) is 0 Å². The van der Waals surface area contributed by atoms with Gasteiger partial charge in [0, 0.05) is 0 Å². The summed E-state index contributed by atoms with van der Waals surface area (Å²) in [6.07, 6.45) is -0.531. The second-order valence-electron chi connectivity index (χ2n) is 5.88. The van der Waals surface area contributed by atoms with E-state index in [1.54, 1.807) is 34.6 Å². The number of carbonyl (C=O) groups is 1. The lowest BCUT2D eigenvalue weighted by Gasteiger charge is -2.32. The van der Waals surface area contributed by atoms with Crippen molar-refractivity contribution in [3.63, 3.8) is 0 Å². The van der Waals surface area contributed by atoms with Gasteiger partial charge in [0.1, 0.15) is 11.2 Å². The van der Waals surface area contributed by atoms with Crippen molar-refractivity contribution in [1.29, 1.82) is 0 Å². The highest BCUT2D eigenvalue weighted by atomic mass is 16.6. The second-order valence-corrected chi connectivity index (χ2v) is 5.88. The molecule has 0 aliphatic heterocycles. The van der Waals surface area contributed by atoms with E-state index in [-0.39, 0.29) is 0 Å². The first kappa shape index (κ1) is 15.5. The van der Waals surface area contributed by atoms with Crippen LogP contribution < -0.4 is 5.32 Å². The Morgan fingerprint density at radius 3 is 2.21 bits per heavy atom. The van der Waals surface area contributed by atoms with Gasteiger partial charge in [0.05, 0.1) is 6.04 Å². The van der Waals surface area contributed by atoms with Crippen molar-refractivity contribution in [2.45, 2.75) is 51.9 Å². The van der Waals surface area contributed by atoms with Gasteiger partial charge >= 0.3 is 6.09 Å². The number of alkyl carbamates (subject to hydrolysis) is 1. The molecule has 0 bridgehead atoms. The van der Waals surface area contributed by atoms with Crippen LogP contribution in [0.2, 0.25) is 0 Å². The Kier molecular flexibility index (Phi) is 4.58. The molecule has 2 unspecified atom stereocenters. The molecule has 1 aromatic rings. The molecule has 0 heterocycles. The average molecular weight is 265 g/mol. The summed E-state index contributed by atoms with van der Waals surface area (Å²) in [5.74, 6) is 0. The maximum absolute atomic E-state index is 11.7. The SMILES string of the molecule is CC(NC(=O)OC(C)(C)C)C(C)(O)c1ccccc1. The number of carbonyl (C=O) groups excluding carboxylic acids is 1. The minimum absolute atomic E-state index is 0.468. The van der Waals surface area contributed by atoms with E-state index in [4.69, 9.17) is 4.74 Å². The second kappa shape index (κ2) is 5.61. The summed E-state index contributed by atoms with van der Waals surface area (Å²) < 4.78 is 5.18. The Morgan fingerprint density at radius 2 is 1.74 bits per heavy atom. The molecule has 2 atom stereocenters. The lowest BCUT2D eigenvalue weighted by molar-refractivity contribution is 0.00751. The zero-order valence-corrected chi connectivity index (χ0v) is 12.2. The Labute approximate surface area is 114 Å². The number of hydrogen-bond donors (Lipinski definition) is 2. The van der Waals surface area contributed by atoms with Crippen LogP contribution in [0.5, 0.6) is 0 Å². The molecule has 2 N–H and O–H groups in total. The smallest absolute Gasteiger partial charge is 0.407 e. The highest BCUT2D eigenvalue weighted by Crippen LogP contribution is 2.24. The van der Waals surface area contributed by atoms with E-state index in [0.29, 0.717) is 0 Å². The largest absolute Gasteiger partial charge is 0.444 e. The summed E-state index contributed by atoms with van der Waals surface area (Å²) in [4.78, 5) is 11.7. The van der Waals surface area contributed by atoms with Crippen LogP contribution in [-0.4, -0.2) is 22.8 Å². The van der Waals surface area contributed by atoms with Crippen LogP contribution in [0.1, 0.15) is 40.2 Å². The summed E-state index contributed by atoms with van der Waals surface area (Å²) in [6.45, 7) is 8.81. The number of nitrogens with one attached hydrogen (secondary N) is 1. The molecule has 0 saturated heterocycles. The van der Waals surface area contributed by atoms with Gasteiger partial charge in [-0.1, -0.05) is 30.3 Å². The number of benzene rings is 1. The molecule has 4 heteroatoms. The molecule has 0 aliphatic carbocycles. The fourth-order valence-corrected chi connectivity index (χ4v) is 1.65. The van der Waals surface area contributed by atoms with Crippen molar-refractivity contribution in [3.8, 4) is 0 Å². The lowest BCUT2D eigenvalue weighted by atomic mass is 9.89. The van der Waals surface area contributed by atoms with Gasteiger partial charge in [0.25, 0.3) is 0 Å². The third kappa shape index (κ3) is 4.56. The van der Waals surface area contributed by atoms with Crippen molar-refractivity contribution in [2.75, 3.05) is 0 Å².